The summed E-state index contributed by atoms with van der Waals surface area (Å²) < 4.78 is 1.85. The van der Waals surface area contributed by atoms with E-state index in [-0.39, 0.29) is 5.91 Å². The second kappa shape index (κ2) is 7.52. The molecule has 0 aromatic heterocycles. The van der Waals surface area contributed by atoms with Gasteiger partial charge in [-0.15, -0.1) is 4.68 Å². The lowest BCUT2D eigenvalue weighted by molar-refractivity contribution is -0.495. The lowest BCUT2D eigenvalue weighted by atomic mass is 10.2. The van der Waals surface area contributed by atoms with Crippen LogP contribution in [0.3, 0.4) is 0 Å². The van der Waals surface area contributed by atoms with Crippen molar-refractivity contribution < 1.29 is 9.48 Å². The van der Waals surface area contributed by atoms with Crippen LogP contribution in [-0.4, -0.2) is 42.2 Å². The van der Waals surface area contributed by atoms with Crippen LogP contribution in [-0.2, 0) is 4.79 Å². The molecule has 5 nitrogen and oxygen atoms in total. The maximum atomic E-state index is 12.9. The van der Waals surface area contributed by atoms with Crippen LogP contribution in [0.1, 0.15) is 20.8 Å². The number of benzene rings is 2. The highest BCUT2D eigenvalue weighted by Gasteiger charge is 2.41. The molecule has 5 heteroatoms. The molecule has 0 saturated heterocycles. The van der Waals surface area contributed by atoms with E-state index in [1.807, 2.05) is 61.1 Å². The molecule has 0 atom stereocenters. The minimum Gasteiger partial charge on any atom is -0.372 e. The number of anilines is 2. The summed E-state index contributed by atoms with van der Waals surface area (Å²) in [6.07, 6.45) is 0. The summed E-state index contributed by atoms with van der Waals surface area (Å²) >= 11 is 0. The van der Waals surface area contributed by atoms with Crippen molar-refractivity contribution in [1.82, 2.24) is 0 Å². The molecule has 0 radical (unpaired) electrons. The van der Waals surface area contributed by atoms with Crippen LogP contribution in [0.4, 0.5) is 17.1 Å². The molecule has 134 valence electrons. The molecule has 0 unspecified atom stereocenters. The van der Waals surface area contributed by atoms with E-state index < -0.39 is 0 Å². The Hall–Kier alpha value is -2.95. The Morgan fingerprint density at radius 3 is 2.19 bits per heavy atom. The molecule has 1 aliphatic rings. The van der Waals surface area contributed by atoms with Crippen LogP contribution >= 0.6 is 0 Å². The fourth-order valence-electron chi connectivity index (χ4n) is 3.14. The lowest BCUT2D eigenvalue weighted by Crippen LogP contribution is -2.34. The third-order valence-electron chi connectivity index (χ3n) is 4.74. The number of hydrazine groups is 1. The molecule has 0 bridgehead atoms. The SMILES string of the molecule is CCN(CC)c1ccc(N=C2C(=O)N(c3ccccc3)[N+](C)=C2C)cc1. The van der Waals surface area contributed by atoms with E-state index in [0.717, 1.165) is 30.2 Å². The third-order valence-corrected chi connectivity index (χ3v) is 4.74. The van der Waals surface area contributed by atoms with Crippen LogP contribution in [0.2, 0.25) is 0 Å². The van der Waals surface area contributed by atoms with Gasteiger partial charge >= 0.3 is 5.91 Å². The molecule has 26 heavy (non-hydrogen) atoms. The topological polar surface area (TPSA) is 38.9 Å². The van der Waals surface area contributed by atoms with E-state index >= 15 is 0 Å². The number of rotatable bonds is 5. The van der Waals surface area contributed by atoms with Crippen LogP contribution in [0.25, 0.3) is 0 Å². The highest BCUT2D eigenvalue weighted by Crippen LogP contribution is 2.23. The number of para-hydroxylation sites is 1. The fraction of sp³-hybridized carbons (Fsp3) is 0.286. The van der Waals surface area contributed by atoms with Gasteiger partial charge in [-0.1, -0.05) is 23.2 Å². The Bertz CT molecular complexity index is 849. The molecule has 2 aromatic rings. The van der Waals surface area contributed by atoms with E-state index in [4.69, 9.17) is 0 Å². The first kappa shape index (κ1) is 17.9. The molecule has 1 aliphatic heterocycles. The average molecular weight is 349 g/mol. The first-order chi connectivity index (χ1) is 12.6. The van der Waals surface area contributed by atoms with Gasteiger partial charge in [0.1, 0.15) is 5.69 Å². The number of hydrogen-bond donors (Lipinski definition) is 0. The number of carbonyl (C=O) groups is 1. The second-order valence-corrected chi connectivity index (χ2v) is 6.21. The number of hydrogen-bond acceptors (Lipinski definition) is 3. The van der Waals surface area contributed by atoms with Crippen LogP contribution in [0.15, 0.2) is 59.6 Å². The van der Waals surface area contributed by atoms with Crippen molar-refractivity contribution in [2.75, 3.05) is 30.0 Å². The van der Waals surface area contributed by atoms with Gasteiger partial charge in [-0.05, 0) is 50.2 Å². The zero-order valence-electron chi connectivity index (χ0n) is 15.8. The van der Waals surface area contributed by atoms with Gasteiger partial charge in [-0.2, -0.15) is 0 Å². The predicted molar refractivity (Wildman–Crippen MR) is 108 cm³/mol. The van der Waals surface area contributed by atoms with Gasteiger partial charge in [0.25, 0.3) is 0 Å². The molecular formula is C21H25N4O+. The minimum atomic E-state index is -0.107. The molecule has 0 spiro atoms. The van der Waals surface area contributed by atoms with E-state index in [0.29, 0.717) is 5.71 Å². The van der Waals surface area contributed by atoms with Gasteiger partial charge in [0, 0.05) is 25.7 Å². The van der Waals surface area contributed by atoms with Gasteiger partial charge in [0.15, 0.2) is 7.05 Å². The Kier molecular flexibility index (Phi) is 5.16. The minimum absolute atomic E-state index is 0.107. The molecule has 0 aliphatic carbocycles. The quantitative estimate of drug-likeness (QED) is 0.773. The van der Waals surface area contributed by atoms with E-state index in [1.54, 1.807) is 5.01 Å². The van der Waals surface area contributed by atoms with Crippen LogP contribution in [0, 0.1) is 0 Å². The van der Waals surface area contributed by atoms with Crippen molar-refractivity contribution in [2.24, 2.45) is 4.99 Å². The first-order valence-electron chi connectivity index (χ1n) is 8.97. The number of amides is 1. The highest BCUT2D eigenvalue weighted by atomic mass is 16.2. The van der Waals surface area contributed by atoms with Gasteiger partial charge in [0.05, 0.1) is 5.69 Å². The molecule has 1 heterocycles. The largest absolute Gasteiger partial charge is 0.372 e. The summed E-state index contributed by atoms with van der Waals surface area (Å²) in [5, 5.41) is 1.65. The number of carbonyl (C=O) groups excluding carboxylic acids is 1. The number of nitrogens with zero attached hydrogens (tertiary/aromatic N) is 4. The van der Waals surface area contributed by atoms with Crippen molar-refractivity contribution in [3.8, 4) is 0 Å². The van der Waals surface area contributed by atoms with Crippen LogP contribution in [0.5, 0.6) is 0 Å². The summed E-state index contributed by atoms with van der Waals surface area (Å²) in [4.78, 5) is 19.8. The van der Waals surface area contributed by atoms with Crippen molar-refractivity contribution in [1.29, 1.82) is 0 Å². The normalized spacial score (nSPS) is 15.9. The first-order valence-corrected chi connectivity index (χ1v) is 8.97. The highest BCUT2D eigenvalue weighted by molar-refractivity contribution is 6.69. The van der Waals surface area contributed by atoms with Gasteiger partial charge in [0.2, 0.25) is 11.4 Å². The smallest absolute Gasteiger partial charge is 0.338 e. The molecule has 2 aromatic carbocycles. The van der Waals surface area contributed by atoms with Crippen molar-refractivity contribution >= 4 is 34.4 Å². The van der Waals surface area contributed by atoms with Gasteiger partial charge in [-0.3, -0.25) is 4.79 Å². The molecule has 0 fully saturated rings. The second-order valence-electron chi connectivity index (χ2n) is 6.21. The molecule has 0 N–H and O–H groups in total. The number of hydrazone groups is 1. The standard InChI is InChI=1S/C21H25N4O/c1-5-24(6-2)18-14-12-17(13-15-18)22-20-16(3)23(4)25(21(20)26)19-10-8-7-9-11-19/h7-15H,5-6H2,1-4H3/q+1. The average Bonchev–Trinajstić information content (AvgIpc) is 2.88. The Balaban J connectivity index is 1.91. The zero-order chi connectivity index (χ0) is 18.7. The summed E-state index contributed by atoms with van der Waals surface area (Å²) in [5.41, 5.74) is 4.10. The Morgan fingerprint density at radius 2 is 1.62 bits per heavy atom. The number of aliphatic imine (C=N–C) groups is 1. The maximum Gasteiger partial charge on any atom is 0.338 e. The third kappa shape index (κ3) is 3.25. The summed E-state index contributed by atoms with van der Waals surface area (Å²) in [6.45, 7) is 8.13. The molecule has 1 amide bonds. The van der Waals surface area contributed by atoms with Crippen molar-refractivity contribution in [2.45, 2.75) is 20.8 Å². The summed E-state index contributed by atoms with van der Waals surface area (Å²) in [7, 11) is 1.88. The molecule has 0 saturated carbocycles. The van der Waals surface area contributed by atoms with E-state index in [2.05, 4.69) is 35.9 Å². The monoisotopic (exact) mass is 349 g/mol. The van der Waals surface area contributed by atoms with E-state index in [1.165, 1.54) is 5.69 Å². The summed E-state index contributed by atoms with van der Waals surface area (Å²) in [5.74, 6) is -0.107. The van der Waals surface area contributed by atoms with Crippen LogP contribution < -0.4 is 9.91 Å². The predicted octanol–water partition coefficient (Wildman–Crippen LogP) is 3.67. The lowest BCUT2D eigenvalue weighted by Gasteiger charge is -2.20. The molecule has 3 rings (SSSR count). The van der Waals surface area contributed by atoms with E-state index in [9.17, 15) is 4.79 Å². The van der Waals surface area contributed by atoms with Crippen molar-refractivity contribution in [3.05, 3.63) is 54.6 Å². The summed E-state index contributed by atoms with van der Waals surface area (Å²) in [6, 6.07) is 17.7. The van der Waals surface area contributed by atoms with Crippen molar-refractivity contribution in [3.63, 3.8) is 0 Å². The van der Waals surface area contributed by atoms with Gasteiger partial charge in [-0.25, -0.2) is 4.99 Å². The zero-order valence-corrected chi connectivity index (χ0v) is 15.8. The molecular weight excluding hydrogens is 324 g/mol. The Labute approximate surface area is 154 Å². The maximum absolute atomic E-state index is 12.9. The van der Waals surface area contributed by atoms with Gasteiger partial charge < -0.3 is 4.90 Å². The fourth-order valence-corrected chi connectivity index (χ4v) is 3.14. The Morgan fingerprint density at radius 1 is 1.00 bits per heavy atom.